The average Bonchev–Trinajstić information content (AvgIpc) is 2.11. The Bertz CT molecular complexity index is 437. The SMILES string of the molecule is Cc1cc2c(cc1C)SC(C)(C)C(=O)N2. The number of amides is 1. The Morgan fingerprint density at radius 3 is 2.47 bits per heavy atom. The Kier molecular flexibility index (Phi) is 2.30. The summed E-state index contributed by atoms with van der Waals surface area (Å²) in [6, 6.07) is 4.20. The number of fused-ring (bicyclic) bond motifs is 1. The van der Waals surface area contributed by atoms with Crippen LogP contribution in [0, 0.1) is 13.8 Å². The number of rotatable bonds is 0. The second-order valence-corrected chi connectivity index (χ2v) is 6.16. The zero-order valence-corrected chi connectivity index (χ0v) is 10.3. The van der Waals surface area contributed by atoms with Crippen molar-refractivity contribution in [2.75, 3.05) is 5.32 Å². The maximum absolute atomic E-state index is 11.7. The first-order chi connectivity index (χ1) is 6.90. The van der Waals surface area contributed by atoms with Crippen molar-refractivity contribution in [2.24, 2.45) is 0 Å². The van der Waals surface area contributed by atoms with Gasteiger partial charge in [0.15, 0.2) is 0 Å². The number of carbonyl (C=O) groups is 1. The van der Waals surface area contributed by atoms with Crippen LogP contribution in [0.1, 0.15) is 25.0 Å². The second-order valence-electron chi connectivity index (χ2n) is 4.50. The number of benzene rings is 1. The molecule has 1 N–H and O–H groups in total. The molecule has 1 heterocycles. The molecule has 15 heavy (non-hydrogen) atoms. The van der Waals surface area contributed by atoms with Gasteiger partial charge in [0.25, 0.3) is 0 Å². The Balaban J connectivity index is 2.51. The van der Waals surface area contributed by atoms with E-state index >= 15 is 0 Å². The van der Waals surface area contributed by atoms with Gasteiger partial charge >= 0.3 is 0 Å². The van der Waals surface area contributed by atoms with E-state index in [1.54, 1.807) is 11.8 Å². The van der Waals surface area contributed by atoms with Gasteiger partial charge < -0.3 is 5.32 Å². The van der Waals surface area contributed by atoms with Crippen molar-refractivity contribution in [1.82, 2.24) is 0 Å². The van der Waals surface area contributed by atoms with Crippen LogP contribution in [0.5, 0.6) is 0 Å². The smallest absolute Gasteiger partial charge is 0.240 e. The number of thioether (sulfide) groups is 1. The summed E-state index contributed by atoms with van der Waals surface area (Å²) in [4.78, 5) is 12.9. The predicted molar refractivity (Wildman–Crippen MR) is 64.5 cm³/mol. The minimum atomic E-state index is -0.366. The Hall–Kier alpha value is -0.960. The highest BCUT2D eigenvalue weighted by Gasteiger charge is 2.34. The molecule has 0 atom stereocenters. The summed E-state index contributed by atoms with van der Waals surface area (Å²) in [5.74, 6) is 0.0863. The number of hydrogen-bond donors (Lipinski definition) is 1. The van der Waals surface area contributed by atoms with Crippen molar-refractivity contribution in [3.05, 3.63) is 23.3 Å². The molecule has 0 radical (unpaired) electrons. The molecule has 0 unspecified atom stereocenters. The predicted octanol–water partition coefficient (Wildman–Crippen LogP) is 3.13. The van der Waals surface area contributed by atoms with Gasteiger partial charge in [0.2, 0.25) is 5.91 Å². The molecule has 1 aromatic rings. The fourth-order valence-electron chi connectivity index (χ4n) is 1.57. The Morgan fingerprint density at radius 2 is 1.80 bits per heavy atom. The largest absolute Gasteiger partial charge is 0.324 e. The summed E-state index contributed by atoms with van der Waals surface area (Å²) in [6.07, 6.45) is 0. The van der Waals surface area contributed by atoms with Crippen molar-refractivity contribution in [3.63, 3.8) is 0 Å². The minimum Gasteiger partial charge on any atom is -0.324 e. The highest BCUT2D eigenvalue weighted by molar-refractivity contribution is 8.01. The lowest BCUT2D eigenvalue weighted by Gasteiger charge is -2.30. The van der Waals surface area contributed by atoms with Crippen LogP contribution in [-0.4, -0.2) is 10.7 Å². The topological polar surface area (TPSA) is 29.1 Å². The van der Waals surface area contributed by atoms with Gasteiger partial charge in [0.1, 0.15) is 0 Å². The first kappa shape index (κ1) is 10.6. The monoisotopic (exact) mass is 221 g/mol. The van der Waals surface area contributed by atoms with E-state index in [1.165, 1.54) is 16.0 Å². The van der Waals surface area contributed by atoms with Gasteiger partial charge in [-0.25, -0.2) is 0 Å². The molecule has 3 heteroatoms. The zero-order valence-electron chi connectivity index (χ0n) is 9.47. The molecule has 80 valence electrons. The van der Waals surface area contributed by atoms with E-state index in [2.05, 4.69) is 25.2 Å². The van der Waals surface area contributed by atoms with Crippen LogP contribution in [0.2, 0.25) is 0 Å². The minimum absolute atomic E-state index is 0.0863. The Labute approximate surface area is 94.4 Å². The summed E-state index contributed by atoms with van der Waals surface area (Å²) in [5, 5.41) is 2.96. The first-order valence-electron chi connectivity index (χ1n) is 5.02. The van der Waals surface area contributed by atoms with E-state index in [-0.39, 0.29) is 10.7 Å². The van der Waals surface area contributed by atoms with E-state index in [4.69, 9.17) is 0 Å². The molecular formula is C12H15NOS. The third-order valence-electron chi connectivity index (χ3n) is 2.76. The van der Waals surface area contributed by atoms with Gasteiger partial charge in [-0.15, -0.1) is 11.8 Å². The van der Waals surface area contributed by atoms with Gasteiger partial charge in [-0.1, -0.05) is 0 Å². The van der Waals surface area contributed by atoms with Crippen LogP contribution in [-0.2, 0) is 4.79 Å². The second kappa shape index (κ2) is 3.27. The quantitative estimate of drug-likeness (QED) is 0.729. The summed E-state index contributed by atoms with van der Waals surface area (Å²) in [5.41, 5.74) is 3.44. The van der Waals surface area contributed by atoms with Crippen molar-refractivity contribution < 1.29 is 4.79 Å². The molecule has 0 saturated heterocycles. The van der Waals surface area contributed by atoms with Crippen LogP contribution >= 0.6 is 11.8 Å². The highest BCUT2D eigenvalue weighted by atomic mass is 32.2. The van der Waals surface area contributed by atoms with Gasteiger partial charge in [-0.2, -0.15) is 0 Å². The fourth-order valence-corrected chi connectivity index (χ4v) is 2.72. The molecule has 0 bridgehead atoms. The van der Waals surface area contributed by atoms with Gasteiger partial charge in [-0.3, -0.25) is 4.79 Å². The van der Waals surface area contributed by atoms with E-state index in [0.717, 1.165) is 5.69 Å². The molecular weight excluding hydrogens is 206 g/mol. The maximum atomic E-state index is 11.7. The third kappa shape index (κ3) is 1.76. The number of carbonyl (C=O) groups excluding carboxylic acids is 1. The van der Waals surface area contributed by atoms with Crippen LogP contribution < -0.4 is 5.32 Å². The summed E-state index contributed by atoms with van der Waals surface area (Å²) in [7, 11) is 0. The zero-order chi connectivity index (χ0) is 11.2. The maximum Gasteiger partial charge on any atom is 0.240 e. The van der Waals surface area contributed by atoms with Crippen LogP contribution in [0.3, 0.4) is 0 Å². The number of hydrogen-bond acceptors (Lipinski definition) is 2. The normalized spacial score (nSPS) is 18.3. The number of nitrogens with one attached hydrogen (secondary N) is 1. The molecule has 0 aliphatic carbocycles. The summed E-state index contributed by atoms with van der Waals surface area (Å²) < 4.78 is -0.366. The van der Waals surface area contributed by atoms with Gasteiger partial charge in [0.05, 0.1) is 10.4 Å². The van der Waals surface area contributed by atoms with E-state index < -0.39 is 0 Å². The number of anilines is 1. The first-order valence-corrected chi connectivity index (χ1v) is 5.83. The standard InChI is InChI=1S/C12H15NOS/c1-7-5-9-10(6-8(7)2)15-12(3,4)11(14)13-9/h5-6H,1-4H3,(H,13,14). The fraction of sp³-hybridized carbons (Fsp3) is 0.417. The van der Waals surface area contributed by atoms with E-state index in [1.807, 2.05) is 19.9 Å². The molecule has 1 aliphatic rings. The molecule has 0 aromatic heterocycles. The van der Waals surface area contributed by atoms with Crippen LogP contribution in [0.15, 0.2) is 17.0 Å². The molecule has 1 amide bonds. The van der Waals surface area contributed by atoms with E-state index in [0.29, 0.717) is 0 Å². The summed E-state index contributed by atoms with van der Waals surface area (Å²) >= 11 is 1.63. The van der Waals surface area contributed by atoms with Crippen LogP contribution in [0.25, 0.3) is 0 Å². The molecule has 0 fully saturated rings. The lowest BCUT2D eigenvalue weighted by Crippen LogP contribution is -2.37. The lowest BCUT2D eigenvalue weighted by atomic mass is 10.1. The molecule has 0 spiro atoms. The third-order valence-corrected chi connectivity index (χ3v) is 4.01. The average molecular weight is 221 g/mol. The van der Waals surface area contributed by atoms with Gasteiger partial charge in [-0.05, 0) is 51.0 Å². The molecule has 2 nitrogen and oxygen atoms in total. The summed E-state index contributed by atoms with van der Waals surface area (Å²) in [6.45, 7) is 8.06. The van der Waals surface area contributed by atoms with Crippen molar-refractivity contribution in [3.8, 4) is 0 Å². The number of aryl methyl sites for hydroxylation is 2. The highest BCUT2D eigenvalue weighted by Crippen LogP contribution is 2.42. The molecule has 0 saturated carbocycles. The molecule has 1 aliphatic heterocycles. The molecule has 1 aromatic carbocycles. The Morgan fingerprint density at radius 1 is 1.20 bits per heavy atom. The van der Waals surface area contributed by atoms with Crippen LogP contribution in [0.4, 0.5) is 5.69 Å². The van der Waals surface area contributed by atoms with Crippen molar-refractivity contribution in [1.29, 1.82) is 0 Å². The molecule has 2 rings (SSSR count). The van der Waals surface area contributed by atoms with Crippen molar-refractivity contribution >= 4 is 23.4 Å². The van der Waals surface area contributed by atoms with E-state index in [9.17, 15) is 4.79 Å². The lowest BCUT2D eigenvalue weighted by molar-refractivity contribution is -0.117. The van der Waals surface area contributed by atoms with Crippen molar-refractivity contribution in [2.45, 2.75) is 37.3 Å². The van der Waals surface area contributed by atoms with Gasteiger partial charge in [0, 0.05) is 4.90 Å².